The molecule has 2 saturated carbocycles. The van der Waals surface area contributed by atoms with E-state index in [0.717, 1.165) is 52.6 Å². The maximum Gasteiger partial charge on any atom is 0.252 e. The minimum Gasteiger partial charge on any atom is -0.472 e. The summed E-state index contributed by atoms with van der Waals surface area (Å²) in [5.74, 6) is 0.810. The van der Waals surface area contributed by atoms with Crippen molar-refractivity contribution in [3.05, 3.63) is 83.6 Å². The number of aryl methyl sites for hydroxylation is 2. The number of nitrogens with one attached hydrogen (secondary N) is 1. The molecule has 2 aliphatic carbocycles. The SMILES string of the molecule is CC(=O)/C=C/c1ccc2nc(C3(NC(=O)c4ccc5c(c4)c(C)c(-c4ccoc4)n5C4CCCCC4)CCC3)n(C)c2c1. The zero-order valence-corrected chi connectivity index (χ0v) is 25.2. The number of carbonyl (C=O) groups is 2. The van der Waals surface area contributed by atoms with E-state index in [9.17, 15) is 9.59 Å². The Labute approximate surface area is 251 Å². The maximum atomic E-state index is 13.9. The van der Waals surface area contributed by atoms with E-state index in [0.29, 0.717) is 11.6 Å². The molecule has 3 aromatic heterocycles. The van der Waals surface area contributed by atoms with E-state index >= 15 is 0 Å². The average Bonchev–Trinajstić information content (AvgIpc) is 3.71. The van der Waals surface area contributed by atoms with Gasteiger partial charge in [-0.15, -0.1) is 0 Å². The van der Waals surface area contributed by atoms with Gasteiger partial charge in [0.1, 0.15) is 5.82 Å². The van der Waals surface area contributed by atoms with Crippen molar-refractivity contribution in [1.29, 1.82) is 0 Å². The van der Waals surface area contributed by atoms with E-state index in [1.807, 2.05) is 49.7 Å². The lowest BCUT2D eigenvalue weighted by Crippen LogP contribution is -2.52. The molecule has 7 rings (SSSR count). The number of carbonyl (C=O) groups excluding carboxylic acids is 2. The number of ketones is 1. The number of fused-ring (bicyclic) bond motifs is 2. The summed E-state index contributed by atoms with van der Waals surface area (Å²) in [5.41, 5.74) is 7.60. The van der Waals surface area contributed by atoms with Gasteiger partial charge in [-0.2, -0.15) is 0 Å². The fraction of sp³-hybridized carbons (Fsp3) is 0.361. The quantitative estimate of drug-likeness (QED) is 0.200. The van der Waals surface area contributed by atoms with Crippen molar-refractivity contribution in [2.75, 3.05) is 0 Å². The van der Waals surface area contributed by atoms with Crippen LogP contribution in [-0.2, 0) is 17.4 Å². The van der Waals surface area contributed by atoms with Gasteiger partial charge in [-0.25, -0.2) is 4.98 Å². The second-order valence-corrected chi connectivity index (χ2v) is 12.5. The Bertz CT molecular complexity index is 1880. The lowest BCUT2D eigenvalue weighted by atomic mass is 9.75. The molecule has 7 nitrogen and oxygen atoms in total. The van der Waals surface area contributed by atoms with Gasteiger partial charge in [-0.3, -0.25) is 9.59 Å². The molecule has 0 unspecified atom stereocenters. The van der Waals surface area contributed by atoms with E-state index in [2.05, 4.69) is 33.5 Å². The second-order valence-electron chi connectivity index (χ2n) is 12.5. The van der Waals surface area contributed by atoms with E-state index < -0.39 is 5.54 Å². The van der Waals surface area contributed by atoms with Crippen LogP contribution in [0.25, 0.3) is 39.3 Å². The summed E-state index contributed by atoms with van der Waals surface area (Å²) in [5, 5.41) is 4.53. The van der Waals surface area contributed by atoms with Crippen LogP contribution in [0.4, 0.5) is 0 Å². The molecule has 1 N–H and O–H groups in total. The van der Waals surface area contributed by atoms with Crippen LogP contribution in [-0.4, -0.2) is 25.8 Å². The Balaban J connectivity index is 1.24. The molecule has 2 aromatic carbocycles. The Morgan fingerprint density at radius 1 is 1.02 bits per heavy atom. The molecule has 0 bridgehead atoms. The van der Waals surface area contributed by atoms with Gasteiger partial charge < -0.3 is 18.9 Å². The van der Waals surface area contributed by atoms with Crippen molar-refractivity contribution in [2.24, 2.45) is 7.05 Å². The van der Waals surface area contributed by atoms with Gasteiger partial charge in [-0.1, -0.05) is 31.4 Å². The first-order chi connectivity index (χ1) is 20.8. The third-order valence-corrected chi connectivity index (χ3v) is 9.66. The van der Waals surface area contributed by atoms with Crippen LogP contribution in [0.3, 0.4) is 0 Å². The molecule has 220 valence electrons. The summed E-state index contributed by atoms with van der Waals surface area (Å²) in [6.07, 6.45) is 15.8. The number of allylic oxidation sites excluding steroid dienone is 1. The van der Waals surface area contributed by atoms with Gasteiger partial charge in [-0.05, 0) is 99.6 Å². The molecule has 0 atom stereocenters. The first kappa shape index (κ1) is 27.4. The normalized spacial score (nSPS) is 17.1. The Hall–Kier alpha value is -4.39. The van der Waals surface area contributed by atoms with Crippen molar-refractivity contribution in [1.82, 2.24) is 19.4 Å². The number of hydrogen-bond acceptors (Lipinski definition) is 4. The van der Waals surface area contributed by atoms with Crippen LogP contribution >= 0.6 is 0 Å². The van der Waals surface area contributed by atoms with Gasteiger partial charge in [0.25, 0.3) is 5.91 Å². The summed E-state index contributed by atoms with van der Waals surface area (Å²) >= 11 is 0. The van der Waals surface area contributed by atoms with Gasteiger partial charge >= 0.3 is 0 Å². The van der Waals surface area contributed by atoms with Crippen molar-refractivity contribution < 1.29 is 14.0 Å². The molecule has 0 saturated heterocycles. The molecule has 1 amide bonds. The molecule has 43 heavy (non-hydrogen) atoms. The van der Waals surface area contributed by atoms with E-state index in [-0.39, 0.29) is 11.7 Å². The Kier molecular flexibility index (Phi) is 6.83. The minimum atomic E-state index is -0.514. The zero-order chi connectivity index (χ0) is 29.7. The van der Waals surface area contributed by atoms with E-state index in [1.54, 1.807) is 19.3 Å². The molecular weight excluding hydrogens is 536 g/mol. The van der Waals surface area contributed by atoms with Crippen LogP contribution in [0.15, 0.2) is 65.5 Å². The number of hydrogen-bond donors (Lipinski definition) is 1. The van der Waals surface area contributed by atoms with Crippen molar-refractivity contribution in [2.45, 2.75) is 76.8 Å². The number of furan rings is 1. The average molecular weight is 575 g/mol. The minimum absolute atomic E-state index is 0.0126. The van der Waals surface area contributed by atoms with E-state index in [1.165, 1.54) is 48.9 Å². The number of nitrogens with zero attached hydrogens (tertiary/aromatic N) is 3. The molecule has 0 radical (unpaired) electrons. The summed E-state index contributed by atoms with van der Waals surface area (Å²) in [4.78, 5) is 30.4. The third-order valence-electron chi connectivity index (χ3n) is 9.66. The zero-order valence-electron chi connectivity index (χ0n) is 25.2. The smallest absolute Gasteiger partial charge is 0.252 e. The fourth-order valence-electron chi connectivity index (χ4n) is 7.27. The maximum absolute atomic E-state index is 13.9. The largest absolute Gasteiger partial charge is 0.472 e. The molecule has 0 aliphatic heterocycles. The lowest BCUT2D eigenvalue weighted by Gasteiger charge is -2.41. The van der Waals surface area contributed by atoms with Gasteiger partial charge in [0.2, 0.25) is 0 Å². The van der Waals surface area contributed by atoms with Crippen LogP contribution in [0.2, 0.25) is 0 Å². The fourth-order valence-corrected chi connectivity index (χ4v) is 7.27. The highest BCUT2D eigenvalue weighted by Crippen LogP contribution is 2.43. The highest BCUT2D eigenvalue weighted by molar-refractivity contribution is 6.01. The van der Waals surface area contributed by atoms with Gasteiger partial charge in [0.05, 0.1) is 34.8 Å². The van der Waals surface area contributed by atoms with Gasteiger partial charge in [0.15, 0.2) is 5.78 Å². The summed E-state index contributed by atoms with van der Waals surface area (Å²) in [6.45, 7) is 3.71. The van der Waals surface area contributed by atoms with E-state index in [4.69, 9.17) is 9.40 Å². The predicted molar refractivity (Wildman–Crippen MR) is 170 cm³/mol. The topological polar surface area (TPSA) is 82.1 Å². The number of amides is 1. The third kappa shape index (κ3) is 4.71. The van der Waals surface area contributed by atoms with Crippen molar-refractivity contribution in [3.63, 3.8) is 0 Å². The molecule has 5 aromatic rings. The molecular formula is C36H38N4O3. The first-order valence-corrected chi connectivity index (χ1v) is 15.5. The summed E-state index contributed by atoms with van der Waals surface area (Å²) in [6, 6.07) is 14.7. The lowest BCUT2D eigenvalue weighted by molar-refractivity contribution is -0.112. The standard InChI is InChI=1S/C36H38N4O3/c1-23(41)10-11-25-12-14-30-32(20-25)39(3)35(37-30)36(17-7-18-36)38-34(42)26-13-15-31-29(21-26)24(2)33(27-16-19-43-22-27)40(31)28-8-5-4-6-9-28/h10-16,19-22,28H,4-9,17-18H2,1-3H3,(H,38,42)/b11-10+. The summed E-state index contributed by atoms with van der Waals surface area (Å²) in [7, 11) is 2.01. The highest BCUT2D eigenvalue weighted by atomic mass is 16.3. The highest BCUT2D eigenvalue weighted by Gasteiger charge is 2.44. The molecule has 0 spiro atoms. The number of imidazole rings is 1. The molecule has 7 heteroatoms. The van der Waals surface area contributed by atoms with Crippen LogP contribution < -0.4 is 5.32 Å². The Morgan fingerprint density at radius 3 is 2.53 bits per heavy atom. The number of benzene rings is 2. The predicted octanol–water partition coefficient (Wildman–Crippen LogP) is 8.01. The van der Waals surface area contributed by atoms with Crippen molar-refractivity contribution in [3.8, 4) is 11.3 Å². The second kappa shape index (κ2) is 10.7. The molecule has 2 fully saturated rings. The number of rotatable bonds is 7. The van der Waals surface area contributed by atoms with Crippen LogP contribution in [0.5, 0.6) is 0 Å². The molecule has 3 heterocycles. The van der Waals surface area contributed by atoms with Crippen LogP contribution in [0.1, 0.15) is 91.6 Å². The van der Waals surface area contributed by atoms with Crippen molar-refractivity contribution >= 4 is 39.7 Å². The monoisotopic (exact) mass is 574 g/mol. The Morgan fingerprint density at radius 2 is 1.84 bits per heavy atom. The van der Waals surface area contributed by atoms with Gasteiger partial charge in [0, 0.05) is 35.1 Å². The number of aromatic nitrogens is 3. The molecule has 2 aliphatic rings. The summed E-state index contributed by atoms with van der Waals surface area (Å²) < 4.78 is 10.1. The first-order valence-electron chi connectivity index (χ1n) is 15.5. The van der Waals surface area contributed by atoms with Crippen LogP contribution in [0, 0.1) is 6.92 Å².